The van der Waals surface area contributed by atoms with E-state index in [1.54, 1.807) is 0 Å². The van der Waals surface area contributed by atoms with Crippen molar-refractivity contribution in [3.8, 4) is 0 Å². The van der Waals surface area contributed by atoms with Crippen LogP contribution in [-0.2, 0) is 4.79 Å². The minimum Gasteiger partial charge on any atom is -0.550 e. The highest BCUT2D eigenvalue weighted by atomic mass is 16.4. The SMILES string of the molecule is C/C=C(\C)CCC(=O)[O-]. The Morgan fingerprint density at radius 2 is 2.11 bits per heavy atom. The van der Waals surface area contributed by atoms with Crippen molar-refractivity contribution in [1.82, 2.24) is 0 Å². The van der Waals surface area contributed by atoms with Crippen LogP contribution in [0.3, 0.4) is 0 Å². The van der Waals surface area contributed by atoms with Gasteiger partial charge in [0.25, 0.3) is 0 Å². The Hall–Kier alpha value is -0.790. The molecule has 0 heterocycles. The standard InChI is InChI=1S/C7H12O2/c1-3-6(2)4-5-7(8)9/h3H,4-5H2,1-2H3,(H,8,9)/p-1/b6-3+. The molecule has 0 N–H and O–H groups in total. The molecule has 0 spiro atoms. The second-order valence-electron chi connectivity index (χ2n) is 2.01. The average Bonchev–Trinajstić information content (AvgIpc) is 1.83. The van der Waals surface area contributed by atoms with Crippen LogP contribution in [0.15, 0.2) is 11.6 Å². The first-order valence-electron chi connectivity index (χ1n) is 2.98. The van der Waals surface area contributed by atoms with E-state index in [2.05, 4.69) is 0 Å². The van der Waals surface area contributed by atoms with E-state index in [1.807, 2.05) is 19.9 Å². The number of aliphatic carboxylic acids is 1. The van der Waals surface area contributed by atoms with Crippen molar-refractivity contribution in [2.24, 2.45) is 0 Å². The van der Waals surface area contributed by atoms with Gasteiger partial charge in [-0.25, -0.2) is 0 Å². The van der Waals surface area contributed by atoms with Crippen LogP contribution in [0.5, 0.6) is 0 Å². The van der Waals surface area contributed by atoms with Gasteiger partial charge in [0.15, 0.2) is 0 Å². The molecule has 0 aliphatic carbocycles. The lowest BCUT2D eigenvalue weighted by molar-refractivity contribution is -0.305. The van der Waals surface area contributed by atoms with Crippen LogP contribution in [0.25, 0.3) is 0 Å². The van der Waals surface area contributed by atoms with E-state index in [1.165, 1.54) is 0 Å². The van der Waals surface area contributed by atoms with Crippen molar-refractivity contribution < 1.29 is 9.90 Å². The van der Waals surface area contributed by atoms with E-state index in [0.29, 0.717) is 6.42 Å². The summed E-state index contributed by atoms with van der Waals surface area (Å²) in [5, 5.41) is 9.88. The molecule has 0 unspecified atom stereocenters. The summed E-state index contributed by atoms with van der Waals surface area (Å²) in [6.45, 7) is 3.80. The molecule has 0 amide bonds. The van der Waals surface area contributed by atoms with Gasteiger partial charge in [0.1, 0.15) is 0 Å². The number of allylic oxidation sites excluding steroid dienone is 2. The average molecular weight is 127 g/mol. The number of rotatable bonds is 3. The maximum absolute atomic E-state index is 9.88. The Bertz CT molecular complexity index is 125. The number of carboxylic acid groups (broad SMARTS) is 1. The molecule has 2 heteroatoms. The van der Waals surface area contributed by atoms with E-state index in [4.69, 9.17) is 0 Å². The number of hydrogen-bond acceptors (Lipinski definition) is 2. The fourth-order valence-electron chi connectivity index (χ4n) is 0.444. The molecule has 0 aromatic heterocycles. The minimum absolute atomic E-state index is 0.135. The molecule has 0 radical (unpaired) electrons. The summed E-state index contributed by atoms with van der Waals surface area (Å²) in [7, 11) is 0. The lowest BCUT2D eigenvalue weighted by Gasteiger charge is -1.99. The zero-order valence-corrected chi connectivity index (χ0v) is 5.81. The quantitative estimate of drug-likeness (QED) is 0.517. The predicted molar refractivity (Wildman–Crippen MR) is 33.7 cm³/mol. The van der Waals surface area contributed by atoms with Gasteiger partial charge in [-0.3, -0.25) is 0 Å². The van der Waals surface area contributed by atoms with Gasteiger partial charge in [-0.05, 0) is 26.7 Å². The van der Waals surface area contributed by atoms with Crippen LogP contribution in [0.4, 0.5) is 0 Å². The molecule has 52 valence electrons. The maximum Gasteiger partial charge on any atom is 0.0417 e. The molecule has 9 heavy (non-hydrogen) atoms. The topological polar surface area (TPSA) is 40.1 Å². The Balaban J connectivity index is 3.39. The van der Waals surface area contributed by atoms with Crippen molar-refractivity contribution in [3.63, 3.8) is 0 Å². The second kappa shape index (κ2) is 4.13. The van der Waals surface area contributed by atoms with Crippen LogP contribution in [0.1, 0.15) is 26.7 Å². The van der Waals surface area contributed by atoms with Crippen molar-refractivity contribution >= 4 is 5.97 Å². The zero-order chi connectivity index (χ0) is 7.28. The summed E-state index contributed by atoms with van der Waals surface area (Å²) >= 11 is 0. The molecule has 0 aromatic rings. The molecule has 0 bridgehead atoms. The summed E-state index contributed by atoms with van der Waals surface area (Å²) in [6.07, 6.45) is 2.65. The fraction of sp³-hybridized carbons (Fsp3) is 0.571. The first kappa shape index (κ1) is 8.21. The predicted octanol–water partition coefficient (Wildman–Crippen LogP) is 0.483. The van der Waals surface area contributed by atoms with Crippen LogP contribution >= 0.6 is 0 Å². The summed E-state index contributed by atoms with van der Waals surface area (Å²) < 4.78 is 0. The summed E-state index contributed by atoms with van der Waals surface area (Å²) in [6, 6.07) is 0. The van der Waals surface area contributed by atoms with E-state index in [-0.39, 0.29) is 6.42 Å². The Kier molecular flexibility index (Phi) is 3.76. The molecule has 0 atom stereocenters. The molecular formula is C7H11O2-. The second-order valence-corrected chi connectivity index (χ2v) is 2.01. The maximum atomic E-state index is 9.88. The fourth-order valence-corrected chi connectivity index (χ4v) is 0.444. The highest BCUT2D eigenvalue weighted by Gasteiger charge is 1.87. The third-order valence-corrected chi connectivity index (χ3v) is 1.22. The highest BCUT2D eigenvalue weighted by molar-refractivity contribution is 5.64. The van der Waals surface area contributed by atoms with Crippen LogP contribution in [-0.4, -0.2) is 5.97 Å². The molecule has 0 aromatic carbocycles. The highest BCUT2D eigenvalue weighted by Crippen LogP contribution is 2.01. The third kappa shape index (κ3) is 5.07. The molecule has 0 saturated heterocycles. The van der Waals surface area contributed by atoms with Crippen LogP contribution < -0.4 is 5.11 Å². The van der Waals surface area contributed by atoms with Gasteiger partial charge in [-0.1, -0.05) is 11.6 Å². The Labute approximate surface area is 55.2 Å². The number of carbonyl (C=O) groups excluding carboxylic acids is 1. The summed E-state index contributed by atoms with van der Waals surface area (Å²) in [4.78, 5) is 9.88. The largest absolute Gasteiger partial charge is 0.550 e. The van der Waals surface area contributed by atoms with Crippen LogP contribution in [0.2, 0.25) is 0 Å². The van der Waals surface area contributed by atoms with Gasteiger partial charge in [0.2, 0.25) is 0 Å². The number of carbonyl (C=O) groups is 1. The number of hydrogen-bond donors (Lipinski definition) is 0. The van der Waals surface area contributed by atoms with E-state index in [0.717, 1.165) is 5.57 Å². The molecule has 0 aliphatic rings. The van der Waals surface area contributed by atoms with Gasteiger partial charge in [0, 0.05) is 5.97 Å². The zero-order valence-electron chi connectivity index (χ0n) is 5.81. The van der Waals surface area contributed by atoms with Gasteiger partial charge in [0.05, 0.1) is 0 Å². The first-order chi connectivity index (χ1) is 4.16. The Morgan fingerprint density at radius 3 is 2.44 bits per heavy atom. The van der Waals surface area contributed by atoms with Crippen molar-refractivity contribution in [1.29, 1.82) is 0 Å². The van der Waals surface area contributed by atoms with Crippen molar-refractivity contribution in [3.05, 3.63) is 11.6 Å². The first-order valence-corrected chi connectivity index (χ1v) is 2.98. The van der Waals surface area contributed by atoms with Gasteiger partial charge >= 0.3 is 0 Å². The Morgan fingerprint density at radius 1 is 1.56 bits per heavy atom. The van der Waals surface area contributed by atoms with Crippen molar-refractivity contribution in [2.75, 3.05) is 0 Å². The summed E-state index contributed by atoms with van der Waals surface area (Å²) in [5.41, 5.74) is 1.10. The van der Waals surface area contributed by atoms with Gasteiger partial charge in [-0.2, -0.15) is 0 Å². The van der Waals surface area contributed by atoms with E-state index < -0.39 is 5.97 Å². The normalized spacial score (nSPS) is 11.6. The molecule has 2 nitrogen and oxygen atoms in total. The molecular weight excluding hydrogens is 116 g/mol. The van der Waals surface area contributed by atoms with E-state index in [9.17, 15) is 9.90 Å². The lowest BCUT2D eigenvalue weighted by atomic mass is 10.1. The molecule has 0 aliphatic heterocycles. The van der Waals surface area contributed by atoms with E-state index >= 15 is 0 Å². The smallest absolute Gasteiger partial charge is 0.0417 e. The molecule has 0 saturated carbocycles. The molecule has 0 rings (SSSR count). The lowest BCUT2D eigenvalue weighted by Crippen LogP contribution is -2.21. The monoisotopic (exact) mass is 127 g/mol. The van der Waals surface area contributed by atoms with Crippen molar-refractivity contribution in [2.45, 2.75) is 26.7 Å². The minimum atomic E-state index is -0.976. The summed E-state index contributed by atoms with van der Waals surface area (Å²) in [5.74, 6) is -0.976. The third-order valence-electron chi connectivity index (χ3n) is 1.22. The van der Waals surface area contributed by atoms with Crippen LogP contribution in [0, 0.1) is 0 Å². The number of carboxylic acids is 1. The molecule has 0 fully saturated rings. The van der Waals surface area contributed by atoms with Gasteiger partial charge < -0.3 is 9.90 Å². The van der Waals surface area contributed by atoms with Gasteiger partial charge in [-0.15, -0.1) is 0 Å².